The molecule has 0 saturated heterocycles. The SMILES string of the molecule is O=C(C[C@]1(O)C(=O)Nc2cc(Cl)cc(Cl)c21)c1ccc2c(c1)OCCO2. The van der Waals surface area contributed by atoms with Crippen molar-refractivity contribution in [3.63, 3.8) is 0 Å². The van der Waals surface area contributed by atoms with Gasteiger partial charge in [-0.3, -0.25) is 9.59 Å². The molecule has 8 heteroatoms. The molecule has 2 aliphatic rings. The summed E-state index contributed by atoms with van der Waals surface area (Å²) < 4.78 is 10.9. The maximum Gasteiger partial charge on any atom is 0.261 e. The Labute approximate surface area is 158 Å². The van der Waals surface area contributed by atoms with Crippen LogP contribution in [0.2, 0.25) is 10.0 Å². The van der Waals surface area contributed by atoms with Crippen molar-refractivity contribution < 1.29 is 24.2 Å². The Hall–Kier alpha value is -2.28. The maximum absolute atomic E-state index is 12.7. The van der Waals surface area contributed by atoms with Gasteiger partial charge in [-0.1, -0.05) is 23.2 Å². The fraction of sp³-hybridized carbons (Fsp3) is 0.222. The van der Waals surface area contributed by atoms with Crippen molar-refractivity contribution in [1.29, 1.82) is 0 Å². The van der Waals surface area contributed by atoms with E-state index in [-0.39, 0.29) is 10.6 Å². The number of ether oxygens (including phenoxy) is 2. The molecule has 4 rings (SSSR count). The summed E-state index contributed by atoms with van der Waals surface area (Å²) in [5, 5.41) is 13.9. The second-order valence-corrected chi connectivity index (χ2v) is 6.93. The number of amides is 1. The number of halogens is 2. The first-order chi connectivity index (χ1) is 12.4. The summed E-state index contributed by atoms with van der Waals surface area (Å²) in [5.74, 6) is -0.149. The van der Waals surface area contributed by atoms with Gasteiger partial charge in [-0.25, -0.2) is 0 Å². The lowest BCUT2D eigenvalue weighted by Gasteiger charge is -2.22. The van der Waals surface area contributed by atoms with E-state index < -0.39 is 23.7 Å². The molecule has 2 aromatic rings. The summed E-state index contributed by atoms with van der Waals surface area (Å²) in [4.78, 5) is 25.1. The van der Waals surface area contributed by atoms with Crippen molar-refractivity contribution >= 4 is 40.6 Å². The van der Waals surface area contributed by atoms with Gasteiger partial charge in [0.1, 0.15) is 13.2 Å². The molecule has 0 spiro atoms. The van der Waals surface area contributed by atoms with Crippen molar-refractivity contribution in [2.24, 2.45) is 0 Å². The van der Waals surface area contributed by atoms with Crippen molar-refractivity contribution in [3.8, 4) is 11.5 Å². The first kappa shape index (κ1) is 17.1. The number of hydrogen-bond donors (Lipinski definition) is 2. The van der Waals surface area contributed by atoms with Crippen LogP contribution in [0.1, 0.15) is 22.3 Å². The molecule has 1 atom stereocenters. The number of fused-ring (bicyclic) bond motifs is 2. The molecule has 0 aliphatic carbocycles. The number of ketones is 1. The molecule has 0 radical (unpaired) electrons. The summed E-state index contributed by atoms with van der Waals surface area (Å²) in [5.41, 5.74) is -1.32. The Balaban J connectivity index is 1.67. The lowest BCUT2D eigenvalue weighted by atomic mass is 9.88. The van der Waals surface area contributed by atoms with Crippen LogP contribution in [0.5, 0.6) is 11.5 Å². The molecule has 0 fully saturated rings. The van der Waals surface area contributed by atoms with Gasteiger partial charge in [0.2, 0.25) is 0 Å². The Morgan fingerprint density at radius 3 is 2.65 bits per heavy atom. The van der Waals surface area contributed by atoms with Crippen molar-refractivity contribution in [3.05, 3.63) is 51.5 Å². The van der Waals surface area contributed by atoms with Gasteiger partial charge in [-0.2, -0.15) is 0 Å². The number of anilines is 1. The minimum absolute atomic E-state index is 0.114. The van der Waals surface area contributed by atoms with Crippen molar-refractivity contribution in [2.75, 3.05) is 18.5 Å². The van der Waals surface area contributed by atoms with Gasteiger partial charge in [0.05, 0.1) is 17.1 Å². The molecule has 2 aromatic carbocycles. The smallest absolute Gasteiger partial charge is 0.261 e. The number of benzene rings is 2. The molecule has 134 valence electrons. The molecule has 0 bridgehead atoms. The number of aliphatic hydroxyl groups is 1. The highest BCUT2D eigenvalue weighted by Gasteiger charge is 2.48. The first-order valence-electron chi connectivity index (χ1n) is 7.85. The van der Waals surface area contributed by atoms with Crippen LogP contribution in [0.25, 0.3) is 0 Å². The van der Waals surface area contributed by atoms with Gasteiger partial charge in [0.15, 0.2) is 22.9 Å². The number of hydrogen-bond acceptors (Lipinski definition) is 5. The molecular formula is C18H13Cl2NO5. The molecule has 2 aliphatic heterocycles. The van der Waals surface area contributed by atoms with Crippen LogP contribution in [0.3, 0.4) is 0 Å². The minimum atomic E-state index is -2.07. The van der Waals surface area contributed by atoms with Gasteiger partial charge in [-0.05, 0) is 30.3 Å². The molecule has 0 aromatic heterocycles. The summed E-state index contributed by atoms with van der Waals surface area (Å²) >= 11 is 12.1. The van der Waals surface area contributed by atoms with Crippen LogP contribution >= 0.6 is 23.2 Å². The van der Waals surface area contributed by atoms with Crippen LogP contribution in [0, 0.1) is 0 Å². The third-order valence-electron chi connectivity index (χ3n) is 4.37. The van der Waals surface area contributed by atoms with E-state index in [1.165, 1.54) is 18.2 Å². The Kier molecular flexibility index (Phi) is 4.06. The highest BCUT2D eigenvalue weighted by molar-refractivity contribution is 6.36. The number of carbonyl (C=O) groups excluding carboxylic acids is 2. The van der Waals surface area contributed by atoms with Crippen LogP contribution in [-0.2, 0) is 10.4 Å². The fourth-order valence-corrected chi connectivity index (χ4v) is 3.80. The van der Waals surface area contributed by atoms with E-state index in [9.17, 15) is 14.7 Å². The Morgan fingerprint density at radius 2 is 1.88 bits per heavy atom. The predicted octanol–water partition coefficient (Wildman–Crippen LogP) is 3.18. The van der Waals surface area contributed by atoms with Gasteiger partial charge in [0, 0.05) is 16.1 Å². The summed E-state index contributed by atoms with van der Waals surface area (Å²) in [6.07, 6.45) is -0.465. The number of Topliss-reactive ketones (excluding diaryl/α,β-unsaturated/α-hetero) is 1. The lowest BCUT2D eigenvalue weighted by molar-refractivity contribution is -0.133. The average Bonchev–Trinajstić information content (AvgIpc) is 2.84. The van der Waals surface area contributed by atoms with E-state index in [0.717, 1.165) is 0 Å². The van der Waals surface area contributed by atoms with E-state index >= 15 is 0 Å². The summed E-state index contributed by atoms with van der Waals surface area (Å²) in [6, 6.07) is 7.63. The van der Waals surface area contributed by atoms with E-state index in [1.807, 2.05) is 0 Å². The first-order valence-corrected chi connectivity index (χ1v) is 8.60. The fourth-order valence-electron chi connectivity index (χ4n) is 3.15. The maximum atomic E-state index is 12.7. The van der Waals surface area contributed by atoms with Crippen LogP contribution in [0.15, 0.2) is 30.3 Å². The highest BCUT2D eigenvalue weighted by Crippen LogP contribution is 2.45. The van der Waals surface area contributed by atoms with E-state index in [0.29, 0.717) is 41.0 Å². The summed E-state index contributed by atoms with van der Waals surface area (Å²) in [6.45, 7) is 0.832. The standard InChI is InChI=1S/C18H13Cl2NO5/c19-10-6-11(20)16-12(7-10)21-17(23)18(16,24)8-13(22)9-1-2-14-15(5-9)26-4-3-25-14/h1-2,5-7,24H,3-4,8H2,(H,21,23)/t18-/m1/s1. The van der Waals surface area contributed by atoms with Crippen molar-refractivity contribution in [2.45, 2.75) is 12.0 Å². The Bertz CT molecular complexity index is 945. The van der Waals surface area contributed by atoms with Gasteiger partial charge < -0.3 is 19.9 Å². The molecule has 2 heterocycles. The average molecular weight is 394 g/mol. The molecule has 2 N–H and O–H groups in total. The zero-order chi connectivity index (χ0) is 18.5. The quantitative estimate of drug-likeness (QED) is 0.782. The third-order valence-corrected chi connectivity index (χ3v) is 4.89. The molecule has 6 nitrogen and oxygen atoms in total. The second kappa shape index (κ2) is 6.16. The number of carbonyl (C=O) groups is 2. The molecule has 1 amide bonds. The number of nitrogens with one attached hydrogen (secondary N) is 1. The Morgan fingerprint density at radius 1 is 1.15 bits per heavy atom. The largest absolute Gasteiger partial charge is 0.486 e. The van der Waals surface area contributed by atoms with Crippen LogP contribution in [-0.4, -0.2) is 30.0 Å². The monoisotopic (exact) mass is 393 g/mol. The van der Waals surface area contributed by atoms with E-state index in [2.05, 4.69) is 5.32 Å². The molecule has 26 heavy (non-hydrogen) atoms. The normalized spacial score (nSPS) is 20.5. The molecular weight excluding hydrogens is 381 g/mol. The van der Waals surface area contributed by atoms with Gasteiger partial charge >= 0.3 is 0 Å². The molecule has 0 unspecified atom stereocenters. The van der Waals surface area contributed by atoms with Crippen LogP contribution in [0.4, 0.5) is 5.69 Å². The van der Waals surface area contributed by atoms with Gasteiger partial charge in [-0.15, -0.1) is 0 Å². The highest BCUT2D eigenvalue weighted by atomic mass is 35.5. The van der Waals surface area contributed by atoms with Crippen LogP contribution < -0.4 is 14.8 Å². The predicted molar refractivity (Wildman–Crippen MR) is 95.4 cm³/mol. The minimum Gasteiger partial charge on any atom is -0.486 e. The van der Waals surface area contributed by atoms with Crippen molar-refractivity contribution in [1.82, 2.24) is 0 Å². The van der Waals surface area contributed by atoms with E-state index in [4.69, 9.17) is 32.7 Å². The third kappa shape index (κ3) is 2.70. The molecule has 0 saturated carbocycles. The summed E-state index contributed by atoms with van der Waals surface area (Å²) in [7, 11) is 0. The number of rotatable bonds is 3. The second-order valence-electron chi connectivity index (χ2n) is 6.08. The topological polar surface area (TPSA) is 84.9 Å². The lowest BCUT2D eigenvalue weighted by Crippen LogP contribution is -2.36. The van der Waals surface area contributed by atoms with E-state index in [1.54, 1.807) is 12.1 Å². The zero-order valence-electron chi connectivity index (χ0n) is 13.3. The zero-order valence-corrected chi connectivity index (χ0v) is 14.9. The van der Waals surface area contributed by atoms with Gasteiger partial charge in [0.25, 0.3) is 5.91 Å².